The summed E-state index contributed by atoms with van der Waals surface area (Å²) >= 11 is 12.1. The van der Waals surface area contributed by atoms with Crippen LogP contribution in [0.15, 0.2) is 44.4 Å². The van der Waals surface area contributed by atoms with Crippen LogP contribution in [0.3, 0.4) is 0 Å². The molecular formula is C10H6Br2ClN3O2S. The number of nitrogens with one attached hydrogen (secondary N) is 1. The van der Waals surface area contributed by atoms with E-state index < -0.39 is 10.0 Å². The molecule has 0 radical (unpaired) electrons. The van der Waals surface area contributed by atoms with Crippen LogP contribution in [0.25, 0.3) is 0 Å². The Morgan fingerprint density at radius 2 is 1.63 bits per heavy atom. The predicted octanol–water partition coefficient (Wildman–Crippen LogP) is 3.46. The largest absolute Gasteiger partial charge is 0.277 e. The molecule has 1 N–H and O–H groups in total. The van der Waals surface area contributed by atoms with E-state index in [0.29, 0.717) is 14.6 Å². The van der Waals surface area contributed by atoms with Gasteiger partial charge in [-0.1, -0.05) is 6.07 Å². The van der Waals surface area contributed by atoms with Gasteiger partial charge < -0.3 is 0 Å². The van der Waals surface area contributed by atoms with Crippen LogP contribution in [-0.4, -0.2) is 18.4 Å². The Hall–Kier alpha value is -0.700. The van der Waals surface area contributed by atoms with Gasteiger partial charge in [0.25, 0.3) is 10.0 Å². The topological polar surface area (TPSA) is 72.0 Å². The summed E-state index contributed by atoms with van der Waals surface area (Å²) in [6.45, 7) is 0. The van der Waals surface area contributed by atoms with E-state index in [1.165, 1.54) is 0 Å². The molecule has 0 aliphatic heterocycles. The van der Waals surface area contributed by atoms with E-state index in [2.05, 4.69) is 46.5 Å². The fraction of sp³-hybridized carbons (Fsp3) is 0. The fourth-order valence-electron chi connectivity index (χ4n) is 1.23. The highest BCUT2D eigenvalue weighted by Gasteiger charge is 2.18. The lowest BCUT2D eigenvalue weighted by Gasteiger charge is -2.10. The Bertz CT molecular complexity index is 687. The molecule has 0 saturated carbocycles. The lowest BCUT2D eigenvalue weighted by atomic mass is 10.3. The van der Waals surface area contributed by atoms with Crippen molar-refractivity contribution in [2.45, 2.75) is 4.90 Å². The van der Waals surface area contributed by atoms with Crippen LogP contribution in [0.1, 0.15) is 0 Å². The molecule has 5 nitrogen and oxygen atoms in total. The first-order valence-electron chi connectivity index (χ1n) is 4.84. The van der Waals surface area contributed by atoms with E-state index >= 15 is 0 Å². The van der Waals surface area contributed by atoms with Gasteiger partial charge in [0, 0.05) is 8.95 Å². The second-order valence-corrected chi connectivity index (χ2v) is 7.12. The molecule has 0 amide bonds. The van der Waals surface area contributed by atoms with Gasteiger partial charge in [0.2, 0.25) is 5.28 Å². The zero-order valence-electron chi connectivity index (χ0n) is 9.14. The molecular weight excluding hydrogens is 421 g/mol. The summed E-state index contributed by atoms with van der Waals surface area (Å²) in [5.41, 5.74) is 0.400. The number of hydrogen-bond acceptors (Lipinski definition) is 4. The lowest BCUT2D eigenvalue weighted by molar-refractivity contribution is 0.600. The minimum atomic E-state index is -3.77. The van der Waals surface area contributed by atoms with Crippen LogP contribution in [-0.2, 0) is 10.0 Å². The second-order valence-electron chi connectivity index (χ2n) is 3.39. The molecule has 0 bridgehead atoms. The lowest BCUT2D eigenvalue weighted by Crippen LogP contribution is -2.14. The van der Waals surface area contributed by atoms with Crippen molar-refractivity contribution in [2.24, 2.45) is 0 Å². The molecule has 0 atom stereocenters. The van der Waals surface area contributed by atoms with Crippen LogP contribution in [0.5, 0.6) is 0 Å². The molecule has 1 heterocycles. The van der Waals surface area contributed by atoms with Crippen molar-refractivity contribution < 1.29 is 8.42 Å². The molecule has 100 valence electrons. The van der Waals surface area contributed by atoms with Gasteiger partial charge in [-0.15, -0.1) is 0 Å². The molecule has 0 saturated heterocycles. The third kappa shape index (κ3) is 3.44. The first-order valence-corrected chi connectivity index (χ1v) is 8.29. The average molecular weight is 428 g/mol. The van der Waals surface area contributed by atoms with Crippen molar-refractivity contribution in [3.8, 4) is 0 Å². The van der Waals surface area contributed by atoms with Crippen LogP contribution in [0.4, 0.5) is 5.69 Å². The van der Waals surface area contributed by atoms with Crippen LogP contribution in [0.2, 0.25) is 5.28 Å². The minimum Gasteiger partial charge on any atom is -0.277 e. The van der Waals surface area contributed by atoms with E-state index in [9.17, 15) is 8.42 Å². The van der Waals surface area contributed by atoms with Crippen molar-refractivity contribution in [1.82, 2.24) is 9.97 Å². The van der Waals surface area contributed by atoms with Crippen molar-refractivity contribution in [1.29, 1.82) is 0 Å². The number of benzene rings is 1. The fourth-order valence-corrected chi connectivity index (χ4v) is 3.77. The summed E-state index contributed by atoms with van der Waals surface area (Å²) in [4.78, 5) is 7.22. The van der Waals surface area contributed by atoms with E-state index in [4.69, 9.17) is 11.6 Å². The van der Waals surface area contributed by atoms with Gasteiger partial charge in [-0.05, 0) is 55.6 Å². The summed E-state index contributed by atoms with van der Waals surface area (Å²) in [7, 11) is -3.77. The molecule has 9 heteroatoms. The highest BCUT2D eigenvalue weighted by Crippen LogP contribution is 2.32. The van der Waals surface area contributed by atoms with E-state index in [1.807, 2.05) is 0 Å². The van der Waals surface area contributed by atoms with E-state index in [1.54, 1.807) is 18.2 Å². The van der Waals surface area contributed by atoms with E-state index in [0.717, 1.165) is 12.4 Å². The zero-order valence-corrected chi connectivity index (χ0v) is 13.9. The van der Waals surface area contributed by atoms with Crippen molar-refractivity contribution >= 4 is 59.2 Å². The molecule has 1 aromatic heterocycles. The average Bonchev–Trinajstić information content (AvgIpc) is 2.35. The SMILES string of the molecule is O=S(=O)(Nc1c(Br)cccc1Br)c1cnc(Cl)nc1. The minimum absolute atomic E-state index is 0.0129. The van der Waals surface area contributed by atoms with Gasteiger partial charge >= 0.3 is 0 Å². The van der Waals surface area contributed by atoms with Gasteiger partial charge in [0.1, 0.15) is 4.90 Å². The third-order valence-corrected chi connectivity index (χ3v) is 4.93. The molecule has 0 aliphatic rings. The maximum absolute atomic E-state index is 12.1. The number of rotatable bonds is 3. The smallest absolute Gasteiger partial charge is 0.265 e. The summed E-state index contributed by atoms with van der Waals surface area (Å²) in [6.07, 6.45) is 2.28. The molecule has 2 rings (SSSR count). The second kappa shape index (κ2) is 5.74. The summed E-state index contributed by atoms with van der Waals surface area (Å²) in [5, 5.41) is -0.0129. The van der Waals surface area contributed by atoms with Gasteiger partial charge in [0.05, 0.1) is 18.1 Å². The summed E-state index contributed by atoms with van der Waals surface area (Å²) in [6, 6.07) is 5.22. The van der Waals surface area contributed by atoms with Gasteiger partial charge in [-0.3, -0.25) is 4.72 Å². The third-order valence-electron chi connectivity index (χ3n) is 2.11. The van der Waals surface area contributed by atoms with E-state index in [-0.39, 0.29) is 10.2 Å². The summed E-state index contributed by atoms with van der Waals surface area (Å²) < 4.78 is 28.0. The first-order chi connectivity index (χ1) is 8.90. The summed E-state index contributed by atoms with van der Waals surface area (Å²) in [5.74, 6) is 0. The van der Waals surface area contributed by atoms with Gasteiger partial charge in [0.15, 0.2) is 0 Å². The molecule has 1 aromatic carbocycles. The van der Waals surface area contributed by atoms with Crippen molar-refractivity contribution in [3.05, 3.63) is 44.8 Å². The van der Waals surface area contributed by atoms with Gasteiger partial charge in [-0.2, -0.15) is 0 Å². The number of aromatic nitrogens is 2. The number of sulfonamides is 1. The number of halogens is 3. The van der Waals surface area contributed by atoms with Gasteiger partial charge in [-0.25, -0.2) is 18.4 Å². The number of nitrogens with zero attached hydrogens (tertiary/aromatic N) is 2. The molecule has 0 aliphatic carbocycles. The Kier molecular flexibility index (Phi) is 4.44. The number of hydrogen-bond donors (Lipinski definition) is 1. The number of anilines is 1. The van der Waals surface area contributed by atoms with Crippen molar-refractivity contribution in [3.63, 3.8) is 0 Å². The maximum Gasteiger partial charge on any atom is 0.265 e. The van der Waals surface area contributed by atoms with Crippen LogP contribution < -0.4 is 4.72 Å². The Morgan fingerprint density at radius 3 is 2.16 bits per heavy atom. The quantitative estimate of drug-likeness (QED) is 0.762. The van der Waals surface area contributed by atoms with Crippen molar-refractivity contribution in [2.75, 3.05) is 4.72 Å². The molecule has 2 aromatic rings. The predicted molar refractivity (Wildman–Crippen MR) is 79.7 cm³/mol. The van der Waals surface area contributed by atoms with Crippen LogP contribution >= 0.6 is 43.5 Å². The monoisotopic (exact) mass is 425 g/mol. The Balaban J connectivity index is 2.39. The molecule has 0 unspecified atom stereocenters. The maximum atomic E-state index is 12.1. The molecule has 0 spiro atoms. The highest BCUT2D eigenvalue weighted by atomic mass is 79.9. The Labute approximate surface area is 131 Å². The number of para-hydroxylation sites is 1. The molecule has 19 heavy (non-hydrogen) atoms. The zero-order chi connectivity index (χ0) is 14.0. The molecule has 0 fully saturated rings. The highest BCUT2D eigenvalue weighted by molar-refractivity contribution is 9.11. The first kappa shape index (κ1) is 14.7. The normalized spacial score (nSPS) is 11.3. The Morgan fingerprint density at radius 1 is 1.11 bits per heavy atom. The standard InChI is InChI=1S/C10H6Br2ClN3O2S/c11-7-2-1-3-8(12)9(7)16-19(17,18)6-4-14-10(13)15-5-6/h1-5,16H. The van der Waals surface area contributed by atoms with Crippen LogP contribution in [0, 0.1) is 0 Å².